The number of benzene rings is 1. The van der Waals surface area contributed by atoms with Gasteiger partial charge >= 0.3 is 0 Å². The van der Waals surface area contributed by atoms with E-state index in [1.54, 1.807) is 0 Å². The van der Waals surface area contributed by atoms with Gasteiger partial charge in [0.25, 0.3) is 0 Å². The molecule has 4 nitrogen and oxygen atoms in total. The van der Waals surface area contributed by atoms with Gasteiger partial charge in [0, 0.05) is 12.2 Å². The van der Waals surface area contributed by atoms with Crippen molar-refractivity contribution in [2.24, 2.45) is 5.92 Å². The van der Waals surface area contributed by atoms with Crippen molar-refractivity contribution < 1.29 is 9.90 Å². The Bertz CT molecular complexity index is 506. The molecule has 0 aliphatic carbocycles. The van der Waals surface area contributed by atoms with E-state index in [0.717, 1.165) is 44.5 Å². The van der Waals surface area contributed by atoms with Crippen molar-refractivity contribution in [3.05, 3.63) is 29.3 Å². The smallest absolute Gasteiger partial charge is 0.238 e. The summed E-state index contributed by atoms with van der Waals surface area (Å²) in [5, 5.41) is 12.9. The van der Waals surface area contributed by atoms with Crippen LogP contribution in [-0.4, -0.2) is 41.7 Å². The molecular weight excluding hydrogens is 288 g/mol. The van der Waals surface area contributed by atoms with Crippen LogP contribution in [0.5, 0.6) is 0 Å². The molecule has 2 unspecified atom stereocenters. The Morgan fingerprint density at radius 1 is 1.35 bits per heavy atom. The number of para-hydroxylation sites is 1. The summed E-state index contributed by atoms with van der Waals surface area (Å²) in [6.45, 7) is 8.22. The van der Waals surface area contributed by atoms with E-state index in [1.165, 1.54) is 11.1 Å². The number of nitrogens with zero attached hydrogens (tertiary/aromatic N) is 1. The van der Waals surface area contributed by atoms with Gasteiger partial charge in [-0.05, 0) is 56.2 Å². The second-order valence-electron chi connectivity index (χ2n) is 6.58. The molecule has 1 amide bonds. The fourth-order valence-electron chi connectivity index (χ4n) is 3.41. The number of aliphatic hydroxyl groups is 1. The molecule has 4 heteroatoms. The number of nitrogens with one attached hydrogen (secondary N) is 1. The summed E-state index contributed by atoms with van der Waals surface area (Å²) in [7, 11) is 0. The number of likely N-dealkylation sites (tertiary alicyclic amines) is 1. The lowest BCUT2D eigenvalue weighted by Crippen LogP contribution is -2.43. The Kier molecular flexibility index (Phi) is 6.60. The third-order valence-electron chi connectivity index (χ3n) is 4.85. The summed E-state index contributed by atoms with van der Waals surface area (Å²) >= 11 is 0. The zero-order chi connectivity index (χ0) is 16.8. The van der Waals surface area contributed by atoms with Gasteiger partial charge < -0.3 is 10.4 Å². The van der Waals surface area contributed by atoms with Crippen molar-refractivity contribution in [2.75, 3.05) is 25.0 Å². The fraction of sp³-hybridized carbons (Fsp3) is 0.632. The van der Waals surface area contributed by atoms with Crippen LogP contribution in [0.1, 0.15) is 44.7 Å². The van der Waals surface area contributed by atoms with Crippen molar-refractivity contribution >= 4 is 11.6 Å². The maximum Gasteiger partial charge on any atom is 0.238 e. The molecule has 0 spiro atoms. The van der Waals surface area contributed by atoms with E-state index in [1.807, 2.05) is 6.92 Å². The molecule has 0 bridgehead atoms. The van der Waals surface area contributed by atoms with Crippen molar-refractivity contribution in [3.63, 3.8) is 0 Å². The van der Waals surface area contributed by atoms with Crippen molar-refractivity contribution in [1.82, 2.24) is 4.90 Å². The molecule has 128 valence electrons. The minimum Gasteiger partial charge on any atom is -0.393 e. The lowest BCUT2D eigenvalue weighted by molar-refractivity contribution is -0.118. The zero-order valence-corrected chi connectivity index (χ0v) is 14.6. The molecule has 1 aliphatic rings. The number of carbonyl (C=O) groups excluding carboxylic acids is 1. The van der Waals surface area contributed by atoms with Crippen LogP contribution in [-0.2, 0) is 17.6 Å². The van der Waals surface area contributed by atoms with Crippen LogP contribution in [0.4, 0.5) is 5.69 Å². The van der Waals surface area contributed by atoms with Crippen LogP contribution in [0, 0.1) is 5.92 Å². The summed E-state index contributed by atoms with van der Waals surface area (Å²) in [5.74, 6) is 0.331. The lowest BCUT2D eigenvalue weighted by Gasteiger charge is -2.33. The van der Waals surface area contributed by atoms with Crippen molar-refractivity contribution in [1.29, 1.82) is 0 Å². The van der Waals surface area contributed by atoms with Gasteiger partial charge in [0.2, 0.25) is 5.91 Å². The summed E-state index contributed by atoms with van der Waals surface area (Å²) in [4.78, 5) is 14.6. The summed E-state index contributed by atoms with van der Waals surface area (Å²) in [6.07, 6.45) is 3.63. The normalized spacial score (nSPS) is 20.3. The number of carbonyl (C=O) groups is 1. The minimum atomic E-state index is -0.298. The molecule has 0 radical (unpaired) electrons. The third-order valence-corrected chi connectivity index (χ3v) is 4.85. The Morgan fingerprint density at radius 2 is 2.00 bits per heavy atom. The highest BCUT2D eigenvalue weighted by molar-refractivity contribution is 5.93. The van der Waals surface area contributed by atoms with Crippen LogP contribution < -0.4 is 5.32 Å². The molecule has 23 heavy (non-hydrogen) atoms. The molecule has 2 N–H and O–H groups in total. The number of amides is 1. The van der Waals surface area contributed by atoms with E-state index in [9.17, 15) is 9.90 Å². The highest BCUT2D eigenvalue weighted by atomic mass is 16.3. The molecule has 1 aromatic carbocycles. The van der Waals surface area contributed by atoms with E-state index in [-0.39, 0.29) is 17.9 Å². The molecule has 2 atom stereocenters. The molecule has 1 heterocycles. The number of anilines is 1. The largest absolute Gasteiger partial charge is 0.393 e. The summed E-state index contributed by atoms with van der Waals surface area (Å²) < 4.78 is 0. The molecule has 1 saturated heterocycles. The topological polar surface area (TPSA) is 52.6 Å². The third kappa shape index (κ3) is 4.79. The average molecular weight is 318 g/mol. The summed E-state index contributed by atoms with van der Waals surface area (Å²) in [5.41, 5.74) is 3.38. The van der Waals surface area contributed by atoms with Gasteiger partial charge in [-0.2, -0.15) is 0 Å². The highest BCUT2D eigenvalue weighted by Crippen LogP contribution is 2.23. The molecule has 1 aliphatic heterocycles. The lowest BCUT2D eigenvalue weighted by atomic mass is 9.93. The minimum absolute atomic E-state index is 0.0480. The number of aliphatic hydroxyl groups excluding tert-OH is 1. The van der Waals surface area contributed by atoms with Gasteiger partial charge in [0.15, 0.2) is 0 Å². The van der Waals surface area contributed by atoms with Gasteiger partial charge in [-0.25, -0.2) is 0 Å². The maximum absolute atomic E-state index is 12.5. The van der Waals surface area contributed by atoms with Crippen molar-refractivity contribution in [2.45, 2.75) is 52.6 Å². The predicted octanol–water partition coefficient (Wildman–Crippen LogP) is 2.84. The molecule has 0 aromatic heterocycles. The van der Waals surface area contributed by atoms with Crippen LogP contribution >= 0.6 is 0 Å². The maximum atomic E-state index is 12.5. The average Bonchev–Trinajstić information content (AvgIpc) is 2.55. The first-order valence-electron chi connectivity index (χ1n) is 8.86. The van der Waals surface area contributed by atoms with E-state index in [2.05, 4.69) is 42.3 Å². The first-order chi connectivity index (χ1) is 11.0. The van der Waals surface area contributed by atoms with Crippen LogP contribution in [0.3, 0.4) is 0 Å². The SMILES string of the molecule is CCc1cccc(CC)c1NC(=O)CN1CCCC(C(C)O)C1. The van der Waals surface area contributed by atoms with Crippen LogP contribution in [0.25, 0.3) is 0 Å². The Balaban J connectivity index is 2.00. The van der Waals surface area contributed by atoms with Crippen LogP contribution in [0.15, 0.2) is 18.2 Å². The predicted molar refractivity (Wildman–Crippen MR) is 94.7 cm³/mol. The number of hydrogen-bond acceptors (Lipinski definition) is 3. The van der Waals surface area contributed by atoms with E-state index >= 15 is 0 Å². The summed E-state index contributed by atoms with van der Waals surface area (Å²) in [6, 6.07) is 6.23. The van der Waals surface area contributed by atoms with Gasteiger partial charge in [-0.3, -0.25) is 9.69 Å². The second kappa shape index (κ2) is 8.46. The van der Waals surface area contributed by atoms with Gasteiger partial charge in [-0.1, -0.05) is 32.0 Å². The molecule has 1 fully saturated rings. The van der Waals surface area contributed by atoms with Gasteiger partial charge in [0.1, 0.15) is 0 Å². The van der Waals surface area contributed by atoms with Gasteiger partial charge in [0.05, 0.1) is 12.6 Å². The first kappa shape index (κ1) is 18.0. The number of piperidine rings is 1. The van der Waals surface area contributed by atoms with E-state index < -0.39 is 0 Å². The van der Waals surface area contributed by atoms with Crippen molar-refractivity contribution in [3.8, 4) is 0 Å². The number of rotatable bonds is 6. The van der Waals surface area contributed by atoms with E-state index in [4.69, 9.17) is 0 Å². The first-order valence-corrected chi connectivity index (χ1v) is 8.86. The highest BCUT2D eigenvalue weighted by Gasteiger charge is 2.24. The Hall–Kier alpha value is -1.39. The molecule has 0 saturated carbocycles. The quantitative estimate of drug-likeness (QED) is 0.848. The second-order valence-corrected chi connectivity index (χ2v) is 6.58. The monoisotopic (exact) mass is 318 g/mol. The Labute approximate surface area is 139 Å². The molecule has 2 rings (SSSR count). The zero-order valence-electron chi connectivity index (χ0n) is 14.6. The number of hydrogen-bond donors (Lipinski definition) is 2. The molecule has 1 aromatic rings. The number of aryl methyl sites for hydroxylation is 2. The van der Waals surface area contributed by atoms with E-state index in [0.29, 0.717) is 6.54 Å². The fourth-order valence-corrected chi connectivity index (χ4v) is 3.41. The standard InChI is InChI=1S/C19H30N2O2/c1-4-15-8-6-9-16(5-2)19(15)20-18(23)13-21-11-7-10-17(12-21)14(3)22/h6,8-9,14,17,22H,4-5,7,10-13H2,1-3H3,(H,20,23). The molecular formula is C19H30N2O2. The Morgan fingerprint density at radius 3 is 2.57 bits per heavy atom. The van der Waals surface area contributed by atoms with Crippen LogP contribution in [0.2, 0.25) is 0 Å². The van der Waals surface area contributed by atoms with Gasteiger partial charge in [-0.15, -0.1) is 0 Å².